The van der Waals surface area contributed by atoms with Crippen molar-refractivity contribution in [3.05, 3.63) is 29.6 Å². The molecule has 1 amide bonds. The molecule has 1 aliphatic heterocycles. The van der Waals surface area contributed by atoms with Crippen molar-refractivity contribution in [1.29, 1.82) is 0 Å². The molecule has 0 aliphatic carbocycles. The van der Waals surface area contributed by atoms with E-state index in [9.17, 15) is 4.79 Å². The van der Waals surface area contributed by atoms with Crippen LogP contribution >= 0.6 is 0 Å². The van der Waals surface area contributed by atoms with Crippen LogP contribution in [0.1, 0.15) is 40.6 Å². The molecule has 0 aromatic carbocycles. The lowest BCUT2D eigenvalue weighted by atomic mass is 9.97. The highest BCUT2D eigenvalue weighted by Crippen LogP contribution is 2.25. The van der Waals surface area contributed by atoms with Gasteiger partial charge in [-0.25, -0.2) is 4.98 Å². The third-order valence-corrected chi connectivity index (χ3v) is 3.99. The molecule has 2 aromatic rings. The fourth-order valence-corrected chi connectivity index (χ4v) is 2.68. The predicted octanol–water partition coefficient (Wildman–Crippen LogP) is 0.866. The summed E-state index contributed by atoms with van der Waals surface area (Å²) >= 11 is 0. The van der Waals surface area contributed by atoms with E-state index in [2.05, 4.69) is 20.3 Å². The van der Waals surface area contributed by atoms with Gasteiger partial charge in [-0.3, -0.25) is 14.6 Å². The topological polar surface area (TPSA) is 79.7 Å². The van der Waals surface area contributed by atoms with Crippen molar-refractivity contribution < 1.29 is 4.79 Å². The summed E-state index contributed by atoms with van der Waals surface area (Å²) in [5.41, 5.74) is 1.59. The molecule has 106 valence electrons. The van der Waals surface area contributed by atoms with Crippen LogP contribution in [0.2, 0.25) is 0 Å². The summed E-state index contributed by atoms with van der Waals surface area (Å²) in [6, 6.07) is 0. The Balaban J connectivity index is 1.77. The first-order chi connectivity index (χ1) is 9.66. The second-order valence-electron chi connectivity index (χ2n) is 5.23. The van der Waals surface area contributed by atoms with Crippen molar-refractivity contribution in [1.82, 2.24) is 29.9 Å². The fourth-order valence-electron chi connectivity index (χ4n) is 2.68. The Kier molecular flexibility index (Phi) is 3.25. The smallest absolute Gasteiger partial charge is 0.257 e. The average molecular weight is 274 g/mol. The van der Waals surface area contributed by atoms with Crippen LogP contribution < -0.4 is 0 Å². The van der Waals surface area contributed by atoms with Gasteiger partial charge in [0, 0.05) is 31.7 Å². The van der Waals surface area contributed by atoms with Crippen molar-refractivity contribution in [2.24, 2.45) is 7.05 Å². The molecule has 1 N–H and O–H groups in total. The molecule has 0 spiro atoms. The van der Waals surface area contributed by atoms with E-state index in [4.69, 9.17) is 0 Å². The number of nitrogens with one attached hydrogen (secondary N) is 1. The first-order valence-corrected chi connectivity index (χ1v) is 6.80. The van der Waals surface area contributed by atoms with E-state index >= 15 is 0 Å². The largest absolute Gasteiger partial charge is 0.338 e. The molecule has 0 unspecified atom stereocenters. The van der Waals surface area contributed by atoms with Crippen LogP contribution in [0.4, 0.5) is 0 Å². The predicted molar refractivity (Wildman–Crippen MR) is 72.2 cm³/mol. The molecule has 1 atom stereocenters. The zero-order chi connectivity index (χ0) is 14.1. The van der Waals surface area contributed by atoms with Crippen molar-refractivity contribution in [3.63, 3.8) is 0 Å². The van der Waals surface area contributed by atoms with Crippen molar-refractivity contribution in [2.45, 2.75) is 25.7 Å². The summed E-state index contributed by atoms with van der Waals surface area (Å²) in [5, 5.41) is 10.9. The van der Waals surface area contributed by atoms with E-state index < -0.39 is 0 Å². The lowest BCUT2D eigenvalue weighted by Crippen LogP contribution is -2.39. The van der Waals surface area contributed by atoms with Gasteiger partial charge in [-0.2, -0.15) is 10.2 Å². The quantitative estimate of drug-likeness (QED) is 0.881. The number of amides is 1. The number of rotatable bonds is 2. The molecular weight excluding hydrogens is 256 g/mol. The lowest BCUT2D eigenvalue weighted by molar-refractivity contribution is 0.0703. The monoisotopic (exact) mass is 274 g/mol. The Labute approximate surface area is 117 Å². The van der Waals surface area contributed by atoms with Gasteiger partial charge in [-0.1, -0.05) is 0 Å². The summed E-state index contributed by atoms with van der Waals surface area (Å²) in [6.45, 7) is 3.39. The maximum absolute atomic E-state index is 12.6. The first kappa shape index (κ1) is 12.8. The normalized spacial score (nSPS) is 19.3. The molecule has 20 heavy (non-hydrogen) atoms. The minimum atomic E-state index is 0.0554. The second-order valence-corrected chi connectivity index (χ2v) is 5.23. The van der Waals surface area contributed by atoms with Crippen LogP contribution in [0.25, 0.3) is 0 Å². The molecular formula is C13H18N6O. The number of aromatic amines is 1. The summed E-state index contributed by atoms with van der Waals surface area (Å²) in [5.74, 6) is 1.16. The molecule has 1 fully saturated rings. The van der Waals surface area contributed by atoms with Gasteiger partial charge in [0.05, 0.1) is 11.8 Å². The Morgan fingerprint density at radius 2 is 2.35 bits per heavy atom. The number of likely N-dealkylation sites (tertiary alicyclic amines) is 1. The Bertz CT molecular complexity index is 602. The summed E-state index contributed by atoms with van der Waals surface area (Å²) < 4.78 is 1.73. The van der Waals surface area contributed by atoms with E-state index in [1.165, 1.54) is 6.33 Å². The maximum atomic E-state index is 12.6. The van der Waals surface area contributed by atoms with Crippen molar-refractivity contribution in [3.8, 4) is 0 Å². The molecule has 3 rings (SSSR count). The second kappa shape index (κ2) is 5.07. The van der Waals surface area contributed by atoms with E-state index in [-0.39, 0.29) is 11.8 Å². The number of H-pyrrole nitrogens is 1. The van der Waals surface area contributed by atoms with Gasteiger partial charge in [0.2, 0.25) is 0 Å². The number of hydrogen-bond donors (Lipinski definition) is 1. The number of hydrogen-bond acceptors (Lipinski definition) is 4. The van der Waals surface area contributed by atoms with Gasteiger partial charge in [0.15, 0.2) is 0 Å². The van der Waals surface area contributed by atoms with Crippen molar-refractivity contribution >= 4 is 5.91 Å². The van der Waals surface area contributed by atoms with Crippen LogP contribution in [0.15, 0.2) is 12.5 Å². The minimum absolute atomic E-state index is 0.0554. The zero-order valence-electron chi connectivity index (χ0n) is 11.7. The third-order valence-electron chi connectivity index (χ3n) is 3.99. The van der Waals surface area contributed by atoms with E-state index in [1.807, 2.05) is 18.9 Å². The van der Waals surface area contributed by atoms with Crippen LogP contribution in [-0.4, -0.2) is 48.9 Å². The standard InChI is InChI=1S/C13H18N6O/c1-9-11(6-16-18(9)2)13(20)19-5-3-4-10(7-19)12-14-8-15-17-12/h6,8,10H,3-5,7H2,1-2H3,(H,14,15,17)/t10-/m1/s1. The summed E-state index contributed by atoms with van der Waals surface area (Å²) in [6.07, 6.45) is 5.18. The van der Waals surface area contributed by atoms with Gasteiger partial charge in [0.25, 0.3) is 5.91 Å². The van der Waals surface area contributed by atoms with Crippen LogP contribution in [-0.2, 0) is 7.05 Å². The fraction of sp³-hybridized carbons (Fsp3) is 0.538. The first-order valence-electron chi connectivity index (χ1n) is 6.80. The summed E-state index contributed by atoms with van der Waals surface area (Å²) in [7, 11) is 1.85. The molecule has 7 heteroatoms. The van der Waals surface area contributed by atoms with E-state index in [0.29, 0.717) is 12.1 Å². The zero-order valence-corrected chi connectivity index (χ0v) is 11.7. The van der Waals surface area contributed by atoms with Gasteiger partial charge in [-0.05, 0) is 19.8 Å². The van der Waals surface area contributed by atoms with Gasteiger partial charge in [-0.15, -0.1) is 0 Å². The molecule has 2 aromatic heterocycles. The molecule has 0 radical (unpaired) electrons. The average Bonchev–Trinajstić information content (AvgIpc) is 3.10. The number of carbonyl (C=O) groups excluding carboxylic acids is 1. The number of carbonyl (C=O) groups is 1. The molecule has 0 bridgehead atoms. The molecule has 1 saturated heterocycles. The van der Waals surface area contributed by atoms with Crippen LogP contribution in [0, 0.1) is 6.92 Å². The lowest BCUT2D eigenvalue weighted by Gasteiger charge is -2.31. The highest BCUT2D eigenvalue weighted by Gasteiger charge is 2.28. The Hall–Kier alpha value is -2.18. The molecule has 1 aliphatic rings. The Morgan fingerprint density at radius 1 is 1.50 bits per heavy atom. The van der Waals surface area contributed by atoms with E-state index in [1.54, 1.807) is 10.9 Å². The molecule has 0 saturated carbocycles. The molecule has 7 nitrogen and oxygen atoms in total. The maximum Gasteiger partial charge on any atom is 0.257 e. The van der Waals surface area contributed by atoms with E-state index in [0.717, 1.165) is 30.9 Å². The van der Waals surface area contributed by atoms with Crippen molar-refractivity contribution in [2.75, 3.05) is 13.1 Å². The molecule has 3 heterocycles. The number of aryl methyl sites for hydroxylation is 1. The SMILES string of the molecule is Cc1c(C(=O)N2CCC[C@@H](c3ncn[nH]3)C2)cnn1C. The van der Waals surface area contributed by atoms with Crippen LogP contribution in [0.3, 0.4) is 0 Å². The third kappa shape index (κ3) is 2.19. The highest BCUT2D eigenvalue weighted by molar-refractivity contribution is 5.95. The minimum Gasteiger partial charge on any atom is -0.338 e. The summed E-state index contributed by atoms with van der Waals surface area (Å²) in [4.78, 5) is 18.7. The van der Waals surface area contributed by atoms with Gasteiger partial charge < -0.3 is 4.90 Å². The van der Waals surface area contributed by atoms with Gasteiger partial charge >= 0.3 is 0 Å². The van der Waals surface area contributed by atoms with Gasteiger partial charge in [0.1, 0.15) is 12.2 Å². The number of piperidine rings is 1. The Morgan fingerprint density at radius 3 is 3.00 bits per heavy atom. The number of nitrogens with zero attached hydrogens (tertiary/aromatic N) is 5. The van der Waals surface area contributed by atoms with Crippen LogP contribution in [0.5, 0.6) is 0 Å². The highest BCUT2D eigenvalue weighted by atomic mass is 16.2. The number of aromatic nitrogens is 5.